The number of hydrazine groups is 1. The fraction of sp³-hybridized carbons (Fsp3) is 0.800. The van der Waals surface area contributed by atoms with Gasteiger partial charge in [-0.1, -0.05) is 0 Å². The predicted molar refractivity (Wildman–Crippen MR) is 39.5 cm³/mol. The van der Waals surface area contributed by atoms with Crippen molar-refractivity contribution in [3.8, 4) is 0 Å². The fourth-order valence-electron chi connectivity index (χ4n) is 1.02. The summed E-state index contributed by atoms with van der Waals surface area (Å²) in [5.41, 5.74) is 2.19. The highest BCUT2D eigenvalue weighted by molar-refractivity contribution is 5.80. The number of aliphatic hydroxyl groups is 1. The lowest BCUT2D eigenvalue weighted by Gasteiger charge is -2.20. The summed E-state index contributed by atoms with van der Waals surface area (Å²) in [4.78, 5) is 5.64. The highest BCUT2D eigenvalue weighted by Crippen LogP contribution is 1.97. The lowest BCUT2D eigenvalue weighted by atomic mass is 10.5. The summed E-state index contributed by atoms with van der Waals surface area (Å²) >= 11 is 0. The molecule has 0 aromatic carbocycles. The van der Waals surface area contributed by atoms with E-state index in [0.717, 1.165) is 0 Å². The minimum absolute atomic E-state index is 0.0115. The van der Waals surface area contributed by atoms with Gasteiger partial charge < -0.3 is 10.0 Å². The summed E-state index contributed by atoms with van der Waals surface area (Å²) in [6.45, 7) is 1.71. The van der Waals surface area contributed by atoms with Crippen LogP contribution in [0.4, 0.5) is 0 Å². The molecule has 4 N–H and O–H groups in total. The normalized spacial score (nSPS) is 17.0. The standard InChI is InChI=1S/C5H12N4O3/c10-4-3-8-2-1-6-5(8)7-9(11)12/h10-12H,1-4H2,(H,6,7). The summed E-state index contributed by atoms with van der Waals surface area (Å²) in [5, 5.41) is 25.3. The van der Waals surface area contributed by atoms with Crippen molar-refractivity contribution >= 4 is 5.96 Å². The summed E-state index contributed by atoms with van der Waals surface area (Å²) in [6.07, 6.45) is 0. The average Bonchev–Trinajstić information content (AvgIpc) is 2.37. The van der Waals surface area contributed by atoms with Crippen LogP contribution in [0.2, 0.25) is 0 Å². The van der Waals surface area contributed by atoms with E-state index in [1.807, 2.05) is 0 Å². The molecule has 0 spiro atoms. The average molecular weight is 176 g/mol. The molecular weight excluding hydrogens is 164 g/mol. The molecule has 0 saturated carbocycles. The van der Waals surface area contributed by atoms with E-state index in [1.165, 1.54) is 0 Å². The molecule has 0 fully saturated rings. The Morgan fingerprint density at radius 1 is 1.58 bits per heavy atom. The second kappa shape index (κ2) is 4.21. The maximum atomic E-state index is 8.62. The van der Waals surface area contributed by atoms with E-state index in [-0.39, 0.29) is 11.9 Å². The maximum Gasteiger partial charge on any atom is 0.212 e. The molecule has 0 aromatic heterocycles. The number of hydrogen-bond acceptors (Lipinski definition) is 7. The smallest absolute Gasteiger partial charge is 0.212 e. The highest BCUT2D eigenvalue weighted by atomic mass is 16.8. The third kappa shape index (κ3) is 2.31. The van der Waals surface area contributed by atoms with E-state index in [4.69, 9.17) is 15.5 Å². The topological polar surface area (TPSA) is 91.6 Å². The number of nitrogens with one attached hydrogen (secondary N) is 1. The van der Waals surface area contributed by atoms with Gasteiger partial charge in [0.15, 0.2) is 0 Å². The Balaban J connectivity index is 2.39. The van der Waals surface area contributed by atoms with Crippen molar-refractivity contribution in [2.45, 2.75) is 0 Å². The molecule has 0 saturated heterocycles. The van der Waals surface area contributed by atoms with Crippen LogP contribution >= 0.6 is 0 Å². The van der Waals surface area contributed by atoms with Gasteiger partial charge in [0.1, 0.15) is 0 Å². The molecule has 0 amide bonds. The number of guanidine groups is 1. The molecule has 1 aliphatic heterocycles. The van der Waals surface area contributed by atoms with Crippen molar-refractivity contribution in [2.75, 3.05) is 26.2 Å². The van der Waals surface area contributed by atoms with Crippen molar-refractivity contribution < 1.29 is 15.5 Å². The first-order chi connectivity index (χ1) is 5.74. The van der Waals surface area contributed by atoms with Crippen LogP contribution in [0.25, 0.3) is 0 Å². The molecule has 0 bridgehead atoms. The highest BCUT2D eigenvalue weighted by Gasteiger charge is 2.16. The molecule has 12 heavy (non-hydrogen) atoms. The van der Waals surface area contributed by atoms with Crippen LogP contribution in [-0.2, 0) is 0 Å². The predicted octanol–water partition coefficient (Wildman–Crippen LogP) is -1.76. The Labute approximate surface area is 69.4 Å². The van der Waals surface area contributed by atoms with Gasteiger partial charge in [0, 0.05) is 18.4 Å². The first-order valence-electron chi connectivity index (χ1n) is 3.59. The van der Waals surface area contributed by atoms with Gasteiger partial charge in [-0.25, -0.2) is 5.43 Å². The molecule has 7 nitrogen and oxygen atoms in total. The Hall–Kier alpha value is -0.890. The van der Waals surface area contributed by atoms with Crippen LogP contribution in [0.15, 0.2) is 4.99 Å². The molecular formula is C5H12N4O3. The maximum absolute atomic E-state index is 8.62. The van der Waals surface area contributed by atoms with Crippen molar-refractivity contribution in [1.82, 2.24) is 15.7 Å². The number of nitrogens with zero attached hydrogens (tertiary/aromatic N) is 3. The van der Waals surface area contributed by atoms with E-state index >= 15 is 0 Å². The fourth-order valence-corrected chi connectivity index (χ4v) is 1.02. The van der Waals surface area contributed by atoms with Crippen LogP contribution in [0.3, 0.4) is 0 Å². The minimum atomic E-state index is -0.158. The van der Waals surface area contributed by atoms with Crippen molar-refractivity contribution in [1.29, 1.82) is 0 Å². The number of rotatable bonds is 3. The number of hydrogen-bond donors (Lipinski definition) is 4. The molecule has 0 aromatic rings. The minimum Gasteiger partial charge on any atom is -0.395 e. The van der Waals surface area contributed by atoms with Gasteiger partial charge in [0.2, 0.25) is 5.96 Å². The first-order valence-corrected chi connectivity index (χ1v) is 3.59. The molecule has 1 rings (SSSR count). The van der Waals surface area contributed by atoms with Crippen molar-refractivity contribution in [3.63, 3.8) is 0 Å². The van der Waals surface area contributed by atoms with Gasteiger partial charge in [0.25, 0.3) is 0 Å². The lowest BCUT2D eigenvalue weighted by molar-refractivity contribution is -0.330. The monoisotopic (exact) mass is 176 g/mol. The van der Waals surface area contributed by atoms with Crippen molar-refractivity contribution in [2.24, 2.45) is 4.99 Å². The third-order valence-electron chi connectivity index (χ3n) is 1.50. The van der Waals surface area contributed by atoms with Gasteiger partial charge in [-0.05, 0) is 0 Å². The Morgan fingerprint density at radius 3 is 2.92 bits per heavy atom. The van der Waals surface area contributed by atoms with E-state index in [9.17, 15) is 0 Å². The van der Waals surface area contributed by atoms with Gasteiger partial charge in [-0.3, -0.25) is 15.4 Å². The van der Waals surface area contributed by atoms with Gasteiger partial charge in [0.05, 0.1) is 13.2 Å². The van der Waals surface area contributed by atoms with Crippen LogP contribution in [0, 0.1) is 0 Å². The van der Waals surface area contributed by atoms with Crippen LogP contribution in [-0.4, -0.2) is 58.0 Å². The molecule has 7 heteroatoms. The largest absolute Gasteiger partial charge is 0.395 e. The van der Waals surface area contributed by atoms with Crippen LogP contribution < -0.4 is 5.43 Å². The molecule has 0 atom stereocenters. The zero-order valence-electron chi connectivity index (χ0n) is 6.51. The van der Waals surface area contributed by atoms with Crippen molar-refractivity contribution in [3.05, 3.63) is 0 Å². The van der Waals surface area contributed by atoms with Crippen LogP contribution in [0.1, 0.15) is 0 Å². The Kier molecular flexibility index (Phi) is 3.23. The van der Waals surface area contributed by atoms with Gasteiger partial charge in [-0.15, -0.1) is 0 Å². The molecule has 0 aliphatic carbocycles. The third-order valence-corrected chi connectivity index (χ3v) is 1.50. The summed E-state index contributed by atoms with van der Waals surface area (Å²) in [6, 6.07) is 0. The quantitative estimate of drug-likeness (QED) is 0.381. The second-order valence-electron chi connectivity index (χ2n) is 2.32. The number of aliphatic imine (C=N–C) groups is 1. The lowest BCUT2D eigenvalue weighted by Crippen LogP contribution is -2.46. The molecule has 1 aliphatic rings. The molecule has 0 radical (unpaired) electrons. The summed E-state index contributed by atoms with van der Waals surface area (Å²) < 4.78 is 0. The van der Waals surface area contributed by atoms with E-state index < -0.39 is 0 Å². The van der Waals surface area contributed by atoms with Gasteiger partial charge >= 0.3 is 0 Å². The molecule has 1 heterocycles. The zero-order chi connectivity index (χ0) is 8.97. The second-order valence-corrected chi connectivity index (χ2v) is 2.32. The summed E-state index contributed by atoms with van der Waals surface area (Å²) in [5.74, 6) is 0.356. The molecule has 0 unspecified atom stereocenters. The number of β-amino-alcohol motifs (C(OH)–C–C–N with tert-alkyl or cyclic N) is 1. The zero-order valence-corrected chi connectivity index (χ0v) is 6.51. The Morgan fingerprint density at radius 2 is 2.33 bits per heavy atom. The van der Waals surface area contributed by atoms with Crippen LogP contribution in [0.5, 0.6) is 0 Å². The first kappa shape index (κ1) is 9.20. The SMILES string of the molecule is OCCN1CCN=C1NN(O)O. The Bertz CT molecular complexity index is 172. The van der Waals surface area contributed by atoms with Gasteiger partial charge in [-0.2, -0.15) is 0 Å². The van der Waals surface area contributed by atoms with E-state index in [2.05, 4.69) is 10.4 Å². The summed E-state index contributed by atoms with van der Waals surface area (Å²) in [7, 11) is 0. The molecule has 70 valence electrons. The van der Waals surface area contributed by atoms with E-state index in [0.29, 0.717) is 25.6 Å². The number of aliphatic hydroxyl groups excluding tert-OH is 1. The van der Waals surface area contributed by atoms with E-state index in [1.54, 1.807) is 4.90 Å².